The molecule has 0 bridgehead atoms. The number of likely N-dealkylation sites (tertiary alicyclic amines) is 1. The third-order valence-electron chi connectivity index (χ3n) is 4.96. The lowest BCUT2D eigenvalue weighted by Crippen LogP contribution is -2.41. The van der Waals surface area contributed by atoms with Gasteiger partial charge in [0.05, 0.1) is 17.9 Å². The highest BCUT2D eigenvalue weighted by molar-refractivity contribution is 8.00. The number of thioether (sulfide) groups is 1. The number of rotatable bonds is 5. The third-order valence-corrected chi connectivity index (χ3v) is 6.30. The molecule has 7 nitrogen and oxygen atoms in total. The van der Waals surface area contributed by atoms with Gasteiger partial charge in [-0.1, -0.05) is 41.9 Å². The van der Waals surface area contributed by atoms with E-state index in [1.807, 2.05) is 18.2 Å². The van der Waals surface area contributed by atoms with E-state index in [1.165, 1.54) is 16.7 Å². The van der Waals surface area contributed by atoms with Gasteiger partial charge in [0.15, 0.2) is 0 Å². The monoisotopic (exact) mass is 457 g/mol. The SMILES string of the molecule is COc1ccccc1-c1nnc(S[C@@H]2CCCCN(C(=O)c3ccc(Cl)cc3)C2=O)o1. The number of ether oxygens (including phenoxy) is 1. The molecule has 2 heterocycles. The summed E-state index contributed by atoms with van der Waals surface area (Å²) in [6, 6.07) is 13.9. The second-order valence-electron chi connectivity index (χ2n) is 6.98. The zero-order valence-electron chi connectivity index (χ0n) is 16.8. The van der Waals surface area contributed by atoms with Crippen molar-refractivity contribution in [2.45, 2.75) is 29.7 Å². The molecule has 0 saturated carbocycles. The van der Waals surface area contributed by atoms with Crippen LogP contribution < -0.4 is 4.74 Å². The summed E-state index contributed by atoms with van der Waals surface area (Å²) in [5.74, 6) is 0.358. The standard InChI is InChI=1S/C22H20ClN3O4S/c1-29-17-7-3-2-6-16(17)19-24-25-22(30-19)31-18-8-4-5-13-26(21(18)28)20(27)14-9-11-15(23)12-10-14/h2-3,6-7,9-12,18H,4-5,8,13H2,1H3/t18-/m1/s1. The molecule has 1 aliphatic rings. The van der Waals surface area contributed by atoms with E-state index in [9.17, 15) is 9.59 Å². The fraction of sp³-hybridized carbons (Fsp3) is 0.273. The Balaban J connectivity index is 1.52. The van der Waals surface area contributed by atoms with Crippen LogP contribution in [-0.2, 0) is 4.79 Å². The lowest BCUT2D eigenvalue weighted by molar-refractivity contribution is -0.127. The number of para-hydroxylation sites is 1. The highest BCUT2D eigenvalue weighted by atomic mass is 35.5. The summed E-state index contributed by atoms with van der Waals surface area (Å²) in [6.45, 7) is 0.383. The Kier molecular flexibility index (Phi) is 6.58. The number of amides is 2. The molecule has 9 heteroatoms. The van der Waals surface area contributed by atoms with E-state index in [0.29, 0.717) is 40.8 Å². The molecular formula is C22H20ClN3O4S. The van der Waals surface area contributed by atoms with Crippen LogP contribution in [0.3, 0.4) is 0 Å². The molecular weight excluding hydrogens is 438 g/mol. The molecule has 4 rings (SSSR count). The van der Waals surface area contributed by atoms with Gasteiger partial charge in [0, 0.05) is 17.1 Å². The van der Waals surface area contributed by atoms with E-state index >= 15 is 0 Å². The van der Waals surface area contributed by atoms with Gasteiger partial charge in [-0.2, -0.15) is 0 Å². The number of nitrogens with zero attached hydrogens (tertiary/aromatic N) is 3. The van der Waals surface area contributed by atoms with E-state index in [2.05, 4.69) is 10.2 Å². The van der Waals surface area contributed by atoms with Gasteiger partial charge in [-0.15, -0.1) is 10.2 Å². The van der Waals surface area contributed by atoms with Crippen molar-refractivity contribution in [3.8, 4) is 17.2 Å². The van der Waals surface area contributed by atoms with Gasteiger partial charge in [-0.05, 0) is 49.2 Å². The molecule has 160 valence electrons. The Morgan fingerprint density at radius 1 is 1.16 bits per heavy atom. The van der Waals surface area contributed by atoms with Gasteiger partial charge in [0.25, 0.3) is 17.0 Å². The average molecular weight is 458 g/mol. The van der Waals surface area contributed by atoms with E-state index < -0.39 is 5.25 Å². The third kappa shape index (κ3) is 4.75. The van der Waals surface area contributed by atoms with E-state index in [-0.39, 0.29) is 17.0 Å². The summed E-state index contributed by atoms with van der Waals surface area (Å²) in [5, 5.41) is 8.52. The Hall–Kier alpha value is -2.84. The fourth-order valence-electron chi connectivity index (χ4n) is 3.38. The molecule has 31 heavy (non-hydrogen) atoms. The second kappa shape index (κ2) is 9.53. The number of carbonyl (C=O) groups excluding carboxylic acids is 2. The molecule has 0 N–H and O–H groups in total. The van der Waals surface area contributed by atoms with E-state index in [4.69, 9.17) is 20.8 Å². The fourth-order valence-corrected chi connectivity index (χ4v) is 4.47. The first kappa shape index (κ1) is 21.4. The van der Waals surface area contributed by atoms with E-state index in [0.717, 1.165) is 12.8 Å². The smallest absolute Gasteiger partial charge is 0.277 e. The number of imide groups is 1. The largest absolute Gasteiger partial charge is 0.496 e. The van der Waals surface area contributed by atoms with E-state index in [1.54, 1.807) is 37.4 Å². The Labute approximate surface area is 188 Å². The zero-order valence-corrected chi connectivity index (χ0v) is 18.4. The van der Waals surface area contributed by atoms with Crippen molar-refractivity contribution < 1.29 is 18.7 Å². The minimum atomic E-state index is -0.482. The van der Waals surface area contributed by atoms with Crippen LogP contribution in [0.1, 0.15) is 29.6 Å². The van der Waals surface area contributed by atoms with Crippen molar-refractivity contribution in [2.24, 2.45) is 0 Å². The number of methoxy groups -OCH3 is 1. The predicted octanol–water partition coefficient (Wildman–Crippen LogP) is 4.71. The van der Waals surface area contributed by atoms with Crippen molar-refractivity contribution >= 4 is 35.2 Å². The average Bonchev–Trinajstić information content (AvgIpc) is 3.18. The first-order valence-electron chi connectivity index (χ1n) is 9.81. The minimum Gasteiger partial charge on any atom is -0.496 e. The maximum Gasteiger partial charge on any atom is 0.277 e. The summed E-state index contributed by atoms with van der Waals surface area (Å²) in [7, 11) is 1.57. The van der Waals surface area contributed by atoms with Gasteiger partial charge in [-0.3, -0.25) is 14.5 Å². The molecule has 0 radical (unpaired) electrons. The molecule has 3 aromatic rings. The van der Waals surface area contributed by atoms with Crippen molar-refractivity contribution in [3.05, 3.63) is 59.1 Å². The van der Waals surface area contributed by atoms with Gasteiger partial charge in [-0.25, -0.2) is 0 Å². The Morgan fingerprint density at radius 2 is 1.94 bits per heavy atom. The molecule has 1 aromatic heterocycles. The molecule has 2 amide bonds. The van der Waals surface area contributed by atoms with Crippen molar-refractivity contribution in [3.63, 3.8) is 0 Å². The van der Waals surface area contributed by atoms with Crippen LogP contribution in [0.25, 0.3) is 11.5 Å². The molecule has 2 aromatic carbocycles. The summed E-state index contributed by atoms with van der Waals surface area (Å²) >= 11 is 7.10. The predicted molar refractivity (Wildman–Crippen MR) is 117 cm³/mol. The number of hydrogen-bond donors (Lipinski definition) is 0. The summed E-state index contributed by atoms with van der Waals surface area (Å²) < 4.78 is 11.1. The van der Waals surface area contributed by atoms with Crippen LogP contribution in [0, 0.1) is 0 Å². The van der Waals surface area contributed by atoms with Gasteiger partial charge in [0.2, 0.25) is 5.91 Å². The minimum absolute atomic E-state index is 0.250. The first-order valence-corrected chi connectivity index (χ1v) is 11.1. The maximum absolute atomic E-state index is 13.2. The molecule has 0 unspecified atom stereocenters. The molecule has 1 fully saturated rings. The van der Waals surface area contributed by atoms with Gasteiger partial charge < -0.3 is 9.15 Å². The molecule has 0 aliphatic carbocycles. The number of benzene rings is 2. The summed E-state index contributed by atoms with van der Waals surface area (Å²) in [6.07, 6.45) is 2.19. The van der Waals surface area contributed by atoms with Gasteiger partial charge in [0.1, 0.15) is 5.75 Å². The van der Waals surface area contributed by atoms with Crippen LogP contribution in [0.4, 0.5) is 0 Å². The van der Waals surface area contributed by atoms with Crippen LogP contribution in [0.2, 0.25) is 5.02 Å². The maximum atomic E-state index is 13.2. The number of hydrogen-bond acceptors (Lipinski definition) is 7. The van der Waals surface area contributed by atoms with Crippen molar-refractivity contribution in [2.75, 3.05) is 13.7 Å². The molecule has 1 atom stereocenters. The lowest BCUT2D eigenvalue weighted by atomic mass is 10.2. The number of aromatic nitrogens is 2. The topological polar surface area (TPSA) is 85.5 Å². The van der Waals surface area contributed by atoms with Gasteiger partial charge >= 0.3 is 0 Å². The Bertz CT molecular complexity index is 1090. The lowest BCUT2D eigenvalue weighted by Gasteiger charge is -2.21. The molecule has 1 saturated heterocycles. The first-order chi connectivity index (χ1) is 15.1. The summed E-state index contributed by atoms with van der Waals surface area (Å²) in [5.41, 5.74) is 1.11. The van der Waals surface area contributed by atoms with Crippen LogP contribution in [-0.4, -0.2) is 45.8 Å². The normalized spacial score (nSPS) is 16.8. The molecule has 1 aliphatic heterocycles. The quantitative estimate of drug-likeness (QED) is 0.512. The highest BCUT2D eigenvalue weighted by Crippen LogP contribution is 2.34. The highest BCUT2D eigenvalue weighted by Gasteiger charge is 2.33. The Morgan fingerprint density at radius 3 is 2.71 bits per heavy atom. The number of carbonyl (C=O) groups is 2. The second-order valence-corrected chi connectivity index (χ2v) is 8.57. The van der Waals surface area contributed by atoms with Crippen LogP contribution in [0.15, 0.2) is 58.2 Å². The molecule has 0 spiro atoms. The van der Waals surface area contributed by atoms with Crippen LogP contribution >= 0.6 is 23.4 Å². The van der Waals surface area contributed by atoms with Crippen molar-refractivity contribution in [1.82, 2.24) is 15.1 Å². The number of halogens is 1. The van der Waals surface area contributed by atoms with Crippen LogP contribution in [0.5, 0.6) is 5.75 Å². The van der Waals surface area contributed by atoms with Crippen molar-refractivity contribution in [1.29, 1.82) is 0 Å². The zero-order chi connectivity index (χ0) is 21.8. The summed E-state index contributed by atoms with van der Waals surface area (Å²) in [4.78, 5) is 27.4.